The van der Waals surface area contributed by atoms with E-state index in [4.69, 9.17) is 9.26 Å². The van der Waals surface area contributed by atoms with E-state index in [1.54, 1.807) is 6.92 Å². The number of ether oxygens (including phenoxy) is 1. The Bertz CT molecular complexity index is 1170. The van der Waals surface area contributed by atoms with E-state index in [0.29, 0.717) is 42.2 Å². The Morgan fingerprint density at radius 1 is 1.24 bits per heavy atom. The zero-order chi connectivity index (χ0) is 22.8. The van der Waals surface area contributed by atoms with Crippen LogP contribution in [0, 0.1) is 12.8 Å². The highest BCUT2D eigenvalue weighted by atomic mass is 16.5. The molecule has 2 aromatic heterocycles. The third kappa shape index (κ3) is 5.05. The summed E-state index contributed by atoms with van der Waals surface area (Å²) >= 11 is 0. The van der Waals surface area contributed by atoms with E-state index < -0.39 is 0 Å². The second-order valence-electron chi connectivity index (χ2n) is 8.79. The van der Waals surface area contributed by atoms with Crippen LogP contribution in [-0.2, 0) is 0 Å². The number of hydrogen-bond acceptors (Lipinski definition) is 6. The first kappa shape index (κ1) is 21.2. The first-order valence-corrected chi connectivity index (χ1v) is 11.3. The number of nitrogens with zero attached hydrogens (tertiary/aromatic N) is 4. The summed E-state index contributed by atoms with van der Waals surface area (Å²) in [4.78, 5) is 23.1. The molecule has 1 saturated heterocycles. The molecule has 1 atom stereocenters. The van der Waals surface area contributed by atoms with Crippen LogP contribution in [0.2, 0.25) is 0 Å². The van der Waals surface area contributed by atoms with Crippen molar-refractivity contribution in [2.24, 2.45) is 5.92 Å². The number of carbonyl (C=O) groups excluding carboxylic acids is 1. The maximum atomic E-state index is 12.6. The summed E-state index contributed by atoms with van der Waals surface area (Å²) in [5, 5.41) is 6.58. The van der Waals surface area contributed by atoms with Gasteiger partial charge in [0.05, 0.1) is 6.20 Å². The lowest BCUT2D eigenvalue weighted by atomic mass is 9.91. The first-order chi connectivity index (χ1) is 16.0. The van der Waals surface area contributed by atoms with E-state index in [2.05, 4.69) is 39.5 Å². The second-order valence-corrected chi connectivity index (χ2v) is 8.79. The van der Waals surface area contributed by atoms with Gasteiger partial charge in [0, 0.05) is 25.5 Å². The number of hydrogen-bond donors (Lipinski definition) is 1. The lowest BCUT2D eigenvalue weighted by molar-refractivity contribution is 0.197. The zero-order valence-electron chi connectivity index (χ0n) is 18.8. The number of urea groups is 1. The average Bonchev–Trinajstić information content (AvgIpc) is 3.59. The molecule has 1 aliphatic heterocycles. The molecule has 8 heteroatoms. The molecule has 33 heavy (non-hydrogen) atoms. The Kier molecular flexibility index (Phi) is 5.81. The highest BCUT2D eigenvalue weighted by Gasteiger charge is 2.25. The number of carbonyl (C=O) groups is 1. The van der Waals surface area contributed by atoms with Crippen molar-refractivity contribution in [2.75, 3.05) is 18.4 Å². The summed E-state index contributed by atoms with van der Waals surface area (Å²) in [5.41, 5.74) is 4.16. The van der Waals surface area contributed by atoms with Crippen molar-refractivity contribution in [3.63, 3.8) is 0 Å². The number of aryl methyl sites for hydroxylation is 1. The van der Waals surface area contributed by atoms with E-state index in [9.17, 15) is 4.79 Å². The van der Waals surface area contributed by atoms with Crippen molar-refractivity contribution in [2.45, 2.75) is 39.0 Å². The van der Waals surface area contributed by atoms with Crippen LogP contribution in [-0.4, -0.2) is 39.1 Å². The highest BCUT2D eigenvalue weighted by molar-refractivity contribution is 5.89. The van der Waals surface area contributed by atoms with E-state index in [0.717, 1.165) is 12.0 Å². The molecular weight excluding hydrogens is 418 g/mol. The van der Waals surface area contributed by atoms with Crippen molar-refractivity contribution in [3.8, 4) is 11.8 Å². The van der Waals surface area contributed by atoms with Crippen LogP contribution in [0.4, 0.5) is 10.5 Å². The molecule has 1 N–H and O–H groups in total. The van der Waals surface area contributed by atoms with Crippen LogP contribution >= 0.6 is 0 Å². The van der Waals surface area contributed by atoms with Gasteiger partial charge in [0.25, 0.3) is 0 Å². The van der Waals surface area contributed by atoms with Gasteiger partial charge in [-0.1, -0.05) is 35.9 Å². The molecule has 2 amide bonds. The zero-order valence-corrected chi connectivity index (χ0v) is 18.8. The van der Waals surface area contributed by atoms with E-state index in [-0.39, 0.29) is 11.9 Å². The Balaban J connectivity index is 1.21. The third-order valence-corrected chi connectivity index (χ3v) is 6.19. The minimum Gasteiger partial charge on any atom is -0.424 e. The fourth-order valence-electron chi connectivity index (χ4n) is 4.05. The van der Waals surface area contributed by atoms with Crippen LogP contribution in [0.1, 0.15) is 49.0 Å². The minimum atomic E-state index is -0.129. The van der Waals surface area contributed by atoms with Gasteiger partial charge >= 0.3 is 12.0 Å². The number of rotatable bonds is 5. The summed E-state index contributed by atoms with van der Waals surface area (Å²) in [7, 11) is 0. The number of piperidine rings is 1. The van der Waals surface area contributed by atoms with Crippen LogP contribution in [0.25, 0.3) is 6.08 Å². The lowest BCUT2D eigenvalue weighted by Gasteiger charge is -2.33. The monoisotopic (exact) mass is 445 g/mol. The molecule has 0 spiro atoms. The Morgan fingerprint density at radius 2 is 2.06 bits per heavy atom. The number of aromatic nitrogens is 3. The van der Waals surface area contributed by atoms with Gasteiger partial charge in [-0.2, -0.15) is 0 Å². The van der Waals surface area contributed by atoms with Gasteiger partial charge in [-0.05, 0) is 61.3 Å². The molecule has 2 aliphatic rings. The SMILES string of the molecule is Cc1oncc1NC(=O)N1CCC(=Cc2cccc(Oc3ncc(C4CC4)cn3)c2)C(C)C1. The van der Waals surface area contributed by atoms with Crippen molar-refractivity contribution in [1.29, 1.82) is 0 Å². The van der Waals surface area contributed by atoms with Crippen molar-refractivity contribution in [3.05, 3.63) is 65.3 Å². The fraction of sp³-hybridized carbons (Fsp3) is 0.360. The van der Waals surface area contributed by atoms with Crippen molar-refractivity contribution in [1.82, 2.24) is 20.0 Å². The summed E-state index contributed by atoms with van der Waals surface area (Å²) < 4.78 is 10.9. The fourth-order valence-corrected chi connectivity index (χ4v) is 4.05. The smallest absolute Gasteiger partial charge is 0.322 e. The van der Waals surface area contributed by atoms with Crippen LogP contribution < -0.4 is 10.1 Å². The summed E-state index contributed by atoms with van der Waals surface area (Å²) in [6.07, 6.45) is 10.7. The number of nitrogens with one attached hydrogen (secondary N) is 1. The molecule has 8 nitrogen and oxygen atoms in total. The van der Waals surface area contributed by atoms with Gasteiger partial charge in [0.15, 0.2) is 5.76 Å². The standard InChI is InChI=1S/C25H27N5O3/c1-16-15-30(25(31)29-23-14-28-33-17(23)2)9-8-20(16)10-18-4-3-5-22(11-18)32-24-26-12-21(13-27-24)19-6-7-19/h3-5,10-14,16,19H,6-9,15H2,1-2H3,(H,29,31). The molecule has 1 unspecified atom stereocenters. The van der Waals surface area contributed by atoms with Gasteiger partial charge in [-0.3, -0.25) is 0 Å². The second kappa shape index (κ2) is 9.05. The molecule has 0 bridgehead atoms. The highest BCUT2D eigenvalue weighted by Crippen LogP contribution is 2.39. The van der Waals surface area contributed by atoms with Crippen LogP contribution in [0.15, 0.2) is 53.0 Å². The van der Waals surface area contributed by atoms with Crippen molar-refractivity contribution >= 4 is 17.8 Å². The number of amides is 2. The average molecular weight is 446 g/mol. The van der Waals surface area contributed by atoms with E-state index in [1.807, 2.05) is 35.5 Å². The maximum absolute atomic E-state index is 12.6. The van der Waals surface area contributed by atoms with E-state index >= 15 is 0 Å². The number of benzene rings is 1. The van der Waals surface area contributed by atoms with Gasteiger partial charge in [-0.15, -0.1) is 0 Å². The topological polar surface area (TPSA) is 93.4 Å². The molecule has 1 aliphatic carbocycles. The molecule has 1 saturated carbocycles. The Hall–Kier alpha value is -3.68. The normalized spacial score (nSPS) is 19.5. The number of likely N-dealkylation sites (tertiary alicyclic amines) is 1. The molecular formula is C25H27N5O3. The Labute approximate surface area is 192 Å². The third-order valence-electron chi connectivity index (χ3n) is 6.19. The minimum absolute atomic E-state index is 0.129. The molecule has 3 heterocycles. The van der Waals surface area contributed by atoms with Crippen molar-refractivity contribution < 1.29 is 14.1 Å². The van der Waals surface area contributed by atoms with Gasteiger partial charge in [0.1, 0.15) is 11.4 Å². The molecule has 3 aromatic rings. The molecule has 0 radical (unpaired) electrons. The summed E-state index contributed by atoms with van der Waals surface area (Å²) in [5.74, 6) is 2.17. The molecule has 2 fully saturated rings. The Morgan fingerprint density at radius 3 is 2.76 bits per heavy atom. The molecule has 5 rings (SSSR count). The molecule has 170 valence electrons. The summed E-state index contributed by atoms with van der Waals surface area (Å²) in [6, 6.07) is 8.15. The predicted molar refractivity (Wildman–Crippen MR) is 124 cm³/mol. The first-order valence-electron chi connectivity index (χ1n) is 11.3. The lowest BCUT2D eigenvalue weighted by Crippen LogP contribution is -2.42. The largest absolute Gasteiger partial charge is 0.424 e. The van der Waals surface area contributed by atoms with E-state index in [1.165, 1.54) is 30.2 Å². The van der Waals surface area contributed by atoms with Gasteiger partial charge in [0.2, 0.25) is 0 Å². The van der Waals surface area contributed by atoms with Crippen LogP contribution in [0.3, 0.4) is 0 Å². The van der Waals surface area contributed by atoms with Gasteiger partial charge < -0.3 is 19.5 Å². The van der Waals surface area contributed by atoms with Crippen LogP contribution in [0.5, 0.6) is 11.8 Å². The summed E-state index contributed by atoms with van der Waals surface area (Å²) in [6.45, 7) is 5.23. The molecule has 1 aromatic carbocycles. The number of anilines is 1. The maximum Gasteiger partial charge on any atom is 0.322 e. The predicted octanol–water partition coefficient (Wildman–Crippen LogP) is 5.40. The quantitative estimate of drug-likeness (QED) is 0.565. The van der Waals surface area contributed by atoms with Gasteiger partial charge in [-0.25, -0.2) is 14.8 Å².